The van der Waals surface area contributed by atoms with E-state index in [1.807, 2.05) is 0 Å². The van der Waals surface area contributed by atoms with Gasteiger partial charge in [-0.1, -0.05) is 15.9 Å². The van der Waals surface area contributed by atoms with Crippen LogP contribution in [0.5, 0.6) is 0 Å². The first kappa shape index (κ1) is 14.8. The molecule has 5 nitrogen and oxygen atoms in total. The smallest absolute Gasteiger partial charge is 0.238 e. The van der Waals surface area contributed by atoms with Crippen molar-refractivity contribution in [1.29, 1.82) is 0 Å². The Balaban J connectivity index is 2.45. The first-order valence-corrected chi connectivity index (χ1v) is 7.76. The maximum atomic E-state index is 13.7. The van der Waals surface area contributed by atoms with Crippen molar-refractivity contribution in [2.24, 2.45) is 5.14 Å². The highest BCUT2D eigenvalue weighted by Crippen LogP contribution is 2.28. The van der Waals surface area contributed by atoms with Crippen molar-refractivity contribution in [2.75, 3.05) is 11.1 Å². The largest absolute Gasteiger partial charge is 0.397 e. The van der Waals surface area contributed by atoms with Crippen molar-refractivity contribution >= 4 is 43.0 Å². The first-order valence-electron chi connectivity index (χ1n) is 5.42. The second-order valence-corrected chi connectivity index (χ2v) is 6.52. The number of anilines is 3. The average Bonchev–Trinajstić information content (AvgIpc) is 2.35. The van der Waals surface area contributed by atoms with Crippen LogP contribution in [0.3, 0.4) is 0 Å². The third-order valence-electron chi connectivity index (χ3n) is 2.55. The normalized spacial score (nSPS) is 11.3. The van der Waals surface area contributed by atoms with Crippen LogP contribution in [0.25, 0.3) is 0 Å². The molecule has 0 amide bonds. The zero-order valence-electron chi connectivity index (χ0n) is 10.1. The maximum Gasteiger partial charge on any atom is 0.238 e. The van der Waals surface area contributed by atoms with Gasteiger partial charge in [0.1, 0.15) is 5.82 Å². The van der Waals surface area contributed by atoms with E-state index in [9.17, 15) is 12.8 Å². The molecule has 0 heterocycles. The van der Waals surface area contributed by atoms with Crippen LogP contribution in [-0.2, 0) is 10.0 Å². The van der Waals surface area contributed by atoms with Gasteiger partial charge in [0, 0.05) is 4.47 Å². The molecule has 0 aliphatic heterocycles. The molecule has 8 heteroatoms. The molecule has 2 rings (SSSR count). The summed E-state index contributed by atoms with van der Waals surface area (Å²) in [6.07, 6.45) is 0. The highest BCUT2D eigenvalue weighted by Gasteiger charge is 2.12. The number of nitrogens with two attached hydrogens (primary N) is 2. The van der Waals surface area contributed by atoms with Gasteiger partial charge in [-0.25, -0.2) is 17.9 Å². The van der Waals surface area contributed by atoms with Crippen LogP contribution in [0.1, 0.15) is 0 Å². The highest BCUT2D eigenvalue weighted by molar-refractivity contribution is 9.10. The molecule has 2 aromatic carbocycles. The summed E-state index contributed by atoms with van der Waals surface area (Å²) in [5.41, 5.74) is 6.43. The van der Waals surface area contributed by atoms with E-state index in [0.29, 0.717) is 4.47 Å². The molecule has 2 aromatic rings. The van der Waals surface area contributed by atoms with Crippen LogP contribution < -0.4 is 16.2 Å². The quantitative estimate of drug-likeness (QED) is 0.733. The molecule has 0 saturated carbocycles. The van der Waals surface area contributed by atoms with Gasteiger partial charge in [-0.3, -0.25) is 0 Å². The van der Waals surface area contributed by atoms with Crippen molar-refractivity contribution < 1.29 is 12.8 Å². The van der Waals surface area contributed by atoms with Crippen LogP contribution in [-0.4, -0.2) is 8.42 Å². The molecule has 0 unspecified atom stereocenters. The molecule has 0 bridgehead atoms. The summed E-state index contributed by atoms with van der Waals surface area (Å²) in [5.74, 6) is -0.492. The lowest BCUT2D eigenvalue weighted by Gasteiger charge is -2.11. The zero-order chi connectivity index (χ0) is 14.9. The van der Waals surface area contributed by atoms with Crippen LogP contribution in [0, 0.1) is 5.82 Å². The van der Waals surface area contributed by atoms with Gasteiger partial charge < -0.3 is 11.1 Å². The van der Waals surface area contributed by atoms with Crippen molar-refractivity contribution in [1.82, 2.24) is 0 Å². The molecule has 5 N–H and O–H groups in total. The summed E-state index contributed by atoms with van der Waals surface area (Å²) in [4.78, 5) is -0.107. The van der Waals surface area contributed by atoms with Gasteiger partial charge in [-0.2, -0.15) is 0 Å². The van der Waals surface area contributed by atoms with Gasteiger partial charge in [-0.05, 0) is 36.4 Å². The Morgan fingerprint density at radius 2 is 1.80 bits per heavy atom. The summed E-state index contributed by atoms with van der Waals surface area (Å²) in [6, 6.07) is 8.26. The predicted octanol–water partition coefficient (Wildman–Crippen LogP) is 2.56. The van der Waals surface area contributed by atoms with E-state index in [4.69, 9.17) is 10.9 Å². The Morgan fingerprint density at radius 3 is 2.45 bits per heavy atom. The third-order valence-corrected chi connectivity index (χ3v) is 3.96. The van der Waals surface area contributed by atoms with Crippen molar-refractivity contribution in [3.05, 3.63) is 46.7 Å². The number of halogens is 2. The van der Waals surface area contributed by atoms with E-state index in [0.717, 1.165) is 0 Å². The van der Waals surface area contributed by atoms with E-state index in [-0.39, 0.29) is 22.0 Å². The van der Waals surface area contributed by atoms with E-state index in [2.05, 4.69) is 21.2 Å². The summed E-state index contributed by atoms with van der Waals surface area (Å²) in [5, 5.41) is 7.79. The Labute approximate surface area is 124 Å². The topological polar surface area (TPSA) is 98.2 Å². The van der Waals surface area contributed by atoms with Crippen LogP contribution in [0.15, 0.2) is 45.8 Å². The number of primary sulfonamides is 1. The number of nitrogen functional groups attached to an aromatic ring is 1. The minimum atomic E-state index is -3.85. The molecular formula is C12H11BrFN3O2S. The lowest BCUT2D eigenvalue weighted by atomic mass is 10.2. The van der Waals surface area contributed by atoms with Gasteiger partial charge in [0.2, 0.25) is 10.0 Å². The Hall–Kier alpha value is -1.64. The summed E-state index contributed by atoms with van der Waals surface area (Å²) in [7, 11) is -3.85. The van der Waals surface area contributed by atoms with Gasteiger partial charge in [-0.15, -0.1) is 0 Å². The lowest BCUT2D eigenvalue weighted by molar-refractivity contribution is 0.598. The van der Waals surface area contributed by atoms with Crippen molar-refractivity contribution in [3.63, 3.8) is 0 Å². The van der Waals surface area contributed by atoms with Crippen LogP contribution in [0.2, 0.25) is 0 Å². The van der Waals surface area contributed by atoms with Crippen molar-refractivity contribution in [2.45, 2.75) is 4.90 Å². The fourth-order valence-corrected chi connectivity index (χ4v) is 2.46. The maximum absolute atomic E-state index is 13.7. The minimum Gasteiger partial charge on any atom is -0.397 e. The molecule has 0 aromatic heterocycles. The fourth-order valence-electron chi connectivity index (χ4n) is 1.56. The Morgan fingerprint density at radius 1 is 1.10 bits per heavy atom. The van der Waals surface area contributed by atoms with Gasteiger partial charge in [0.05, 0.1) is 22.0 Å². The molecule has 20 heavy (non-hydrogen) atoms. The molecule has 0 saturated heterocycles. The van der Waals surface area contributed by atoms with E-state index in [1.165, 1.54) is 30.3 Å². The number of nitrogens with one attached hydrogen (secondary N) is 1. The Bertz CT molecular complexity index is 765. The number of hydrogen-bond donors (Lipinski definition) is 3. The molecule has 0 radical (unpaired) electrons. The second kappa shape index (κ2) is 5.39. The molecule has 0 spiro atoms. The van der Waals surface area contributed by atoms with E-state index < -0.39 is 15.8 Å². The monoisotopic (exact) mass is 359 g/mol. The minimum absolute atomic E-state index is 0.107. The van der Waals surface area contributed by atoms with Gasteiger partial charge in [0.25, 0.3) is 0 Å². The van der Waals surface area contributed by atoms with E-state index in [1.54, 1.807) is 6.07 Å². The Kier molecular flexibility index (Phi) is 3.98. The number of hydrogen-bond acceptors (Lipinski definition) is 4. The summed E-state index contributed by atoms with van der Waals surface area (Å²) >= 11 is 3.22. The summed E-state index contributed by atoms with van der Waals surface area (Å²) in [6.45, 7) is 0. The lowest BCUT2D eigenvalue weighted by Crippen LogP contribution is -2.12. The molecule has 0 aliphatic carbocycles. The van der Waals surface area contributed by atoms with Crippen molar-refractivity contribution in [3.8, 4) is 0 Å². The molecule has 0 atom stereocenters. The second-order valence-electron chi connectivity index (χ2n) is 4.04. The average molecular weight is 360 g/mol. The SMILES string of the molecule is Nc1ccc(S(N)(=O)=O)cc1Nc1cc(Br)ccc1F. The van der Waals surface area contributed by atoms with Crippen LogP contribution in [0.4, 0.5) is 21.5 Å². The molecule has 0 fully saturated rings. The number of benzene rings is 2. The zero-order valence-corrected chi connectivity index (χ0v) is 12.5. The highest BCUT2D eigenvalue weighted by atomic mass is 79.9. The van der Waals surface area contributed by atoms with Gasteiger partial charge >= 0.3 is 0 Å². The van der Waals surface area contributed by atoms with Gasteiger partial charge in [0.15, 0.2) is 0 Å². The predicted molar refractivity (Wildman–Crippen MR) is 79.6 cm³/mol. The molecule has 0 aliphatic rings. The standard InChI is InChI=1S/C12H11BrFN3O2S/c13-7-1-3-9(14)11(5-7)17-12-6-8(20(16,18)19)2-4-10(12)15/h1-6,17H,15H2,(H2,16,18,19). The fraction of sp³-hybridized carbons (Fsp3) is 0. The van der Waals surface area contributed by atoms with E-state index >= 15 is 0 Å². The number of sulfonamides is 1. The third kappa shape index (κ3) is 3.27. The summed E-state index contributed by atoms with van der Waals surface area (Å²) < 4.78 is 36.9. The van der Waals surface area contributed by atoms with Crippen LogP contribution >= 0.6 is 15.9 Å². The molecule has 106 valence electrons. The molecular weight excluding hydrogens is 349 g/mol. The first-order chi connectivity index (χ1) is 9.27. The number of rotatable bonds is 3.